The van der Waals surface area contributed by atoms with Gasteiger partial charge in [-0.05, 0) is 23.3 Å². The van der Waals surface area contributed by atoms with E-state index in [9.17, 15) is 19.7 Å². The van der Waals surface area contributed by atoms with Crippen molar-refractivity contribution >= 4 is 29.2 Å². The van der Waals surface area contributed by atoms with Crippen molar-refractivity contribution < 1.29 is 14.5 Å². The van der Waals surface area contributed by atoms with Gasteiger partial charge in [0.1, 0.15) is 11.4 Å². The molecule has 1 aliphatic rings. The number of amides is 3. The number of nitrogens with zero attached hydrogens (tertiary/aromatic N) is 5. The number of benzene rings is 3. The summed E-state index contributed by atoms with van der Waals surface area (Å²) in [6, 6.07) is 21.5. The minimum Gasteiger partial charge on any atom is -0.315 e. The fourth-order valence-corrected chi connectivity index (χ4v) is 4.31. The number of halogens is 1. The number of imide groups is 1. The van der Waals surface area contributed by atoms with Crippen LogP contribution in [0, 0.1) is 10.1 Å². The van der Waals surface area contributed by atoms with Crippen LogP contribution < -0.4 is 5.32 Å². The standard InChI is InChI=1S/C24H17ClN6O4/c25-18-11-12-20(21(13-18)31(34)35)30-15-19(27-28-30)14-29-22(32)24(26-23(29)33,16-7-3-1-4-8-16)17-9-5-2-6-10-17/h1-13,15H,14H2,(H,26,33). The Hall–Kier alpha value is -4.57. The van der Waals surface area contributed by atoms with Crippen molar-refractivity contribution in [1.82, 2.24) is 25.2 Å². The van der Waals surface area contributed by atoms with Crippen LogP contribution in [0.15, 0.2) is 85.1 Å². The first-order chi connectivity index (χ1) is 16.9. The van der Waals surface area contributed by atoms with Crippen molar-refractivity contribution in [3.05, 3.63) is 117 Å². The third-order valence-corrected chi connectivity index (χ3v) is 6.00. The number of nitrogens with one attached hydrogen (secondary N) is 1. The first kappa shape index (κ1) is 22.2. The molecular formula is C24H17ClN6O4. The second kappa shape index (κ2) is 8.65. The van der Waals surface area contributed by atoms with Gasteiger partial charge in [0.25, 0.3) is 11.6 Å². The largest absolute Gasteiger partial charge is 0.325 e. The van der Waals surface area contributed by atoms with Gasteiger partial charge in [0, 0.05) is 11.1 Å². The van der Waals surface area contributed by atoms with Gasteiger partial charge in [0.05, 0.1) is 17.7 Å². The molecule has 1 aliphatic heterocycles. The van der Waals surface area contributed by atoms with Crippen LogP contribution in [-0.4, -0.2) is 36.8 Å². The fourth-order valence-electron chi connectivity index (χ4n) is 4.14. The van der Waals surface area contributed by atoms with Gasteiger partial charge in [-0.3, -0.25) is 19.8 Å². The number of aromatic nitrogens is 3. The molecular weight excluding hydrogens is 472 g/mol. The van der Waals surface area contributed by atoms with Crippen molar-refractivity contribution in [3.63, 3.8) is 0 Å². The lowest BCUT2D eigenvalue weighted by molar-refractivity contribution is -0.384. The van der Waals surface area contributed by atoms with E-state index in [0.29, 0.717) is 11.1 Å². The molecule has 0 bridgehead atoms. The van der Waals surface area contributed by atoms with Crippen LogP contribution in [0.1, 0.15) is 16.8 Å². The fraction of sp³-hybridized carbons (Fsp3) is 0.0833. The second-order valence-corrected chi connectivity index (χ2v) is 8.28. The van der Waals surface area contributed by atoms with E-state index < -0.39 is 22.4 Å². The van der Waals surface area contributed by atoms with E-state index >= 15 is 0 Å². The average Bonchev–Trinajstić information content (AvgIpc) is 3.44. The molecule has 0 radical (unpaired) electrons. The molecule has 1 fully saturated rings. The minimum absolute atomic E-state index is 0.151. The first-order valence-electron chi connectivity index (χ1n) is 10.5. The first-order valence-corrected chi connectivity index (χ1v) is 10.9. The maximum atomic E-state index is 13.8. The Morgan fingerprint density at radius 1 is 0.971 bits per heavy atom. The summed E-state index contributed by atoms with van der Waals surface area (Å²) in [6.45, 7) is -0.173. The highest BCUT2D eigenvalue weighted by atomic mass is 35.5. The maximum Gasteiger partial charge on any atom is 0.325 e. The number of rotatable bonds is 6. The van der Waals surface area contributed by atoms with Crippen molar-refractivity contribution in [2.45, 2.75) is 12.1 Å². The topological polar surface area (TPSA) is 123 Å². The molecule has 0 aliphatic carbocycles. The van der Waals surface area contributed by atoms with Crippen LogP contribution in [-0.2, 0) is 16.9 Å². The minimum atomic E-state index is -1.40. The number of hydrogen-bond donors (Lipinski definition) is 1. The van der Waals surface area contributed by atoms with Crippen LogP contribution in [0.3, 0.4) is 0 Å². The summed E-state index contributed by atoms with van der Waals surface area (Å²) < 4.78 is 1.21. The van der Waals surface area contributed by atoms with E-state index in [1.807, 2.05) is 12.1 Å². The van der Waals surface area contributed by atoms with Gasteiger partial charge >= 0.3 is 6.03 Å². The summed E-state index contributed by atoms with van der Waals surface area (Å²) in [5.74, 6) is -0.466. The van der Waals surface area contributed by atoms with Gasteiger partial charge in [0.2, 0.25) is 0 Å². The number of nitro benzene ring substituents is 1. The molecule has 0 atom stereocenters. The summed E-state index contributed by atoms with van der Waals surface area (Å²) >= 11 is 5.89. The SMILES string of the molecule is O=C1NC(c2ccccc2)(c2ccccc2)C(=O)N1Cc1cn(-c2ccc(Cl)cc2[N+](=O)[O-])nn1. The Kier molecular flexibility index (Phi) is 5.50. The van der Waals surface area contributed by atoms with E-state index in [2.05, 4.69) is 15.6 Å². The zero-order valence-electron chi connectivity index (χ0n) is 18.0. The van der Waals surface area contributed by atoms with Gasteiger partial charge in [-0.15, -0.1) is 5.10 Å². The zero-order valence-corrected chi connectivity index (χ0v) is 18.8. The van der Waals surface area contributed by atoms with Gasteiger partial charge < -0.3 is 5.32 Å². The number of urea groups is 1. The molecule has 1 aromatic heterocycles. The summed E-state index contributed by atoms with van der Waals surface area (Å²) in [7, 11) is 0. The van der Waals surface area contributed by atoms with Gasteiger partial charge in [-0.25, -0.2) is 9.48 Å². The third-order valence-electron chi connectivity index (χ3n) is 5.76. The Morgan fingerprint density at radius 3 is 2.20 bits per heavy atom. The predicted octanol–water partition coefficient (Wildman–Crippen LogP) is 3.82. The molecule has 1 N–H and O–H groups in total. The van der Waals surface area contributed by atoms with Gasteiger partial charge in [-0.2, -0.15) is 0 Å². The molecule has 4 aromatic rings. The van der Waals surface area contributed by atoms with Crippen molar-refractivity contribution in [2.24, 2.45) is 0 Å². The van der Waals surface area contributed by atoms with Crippen molar-refractivity contribution in [2.75, 3.05) is 0 Å². The summed E-state index contributed by atoms with van der Waals surface area (Å²) in [5.41, 5.74) is 0.00827. The molecule has 0 unspecified atom stereocenters. The van der Waals surface area contributed by atoms with E-state index in [1.54, 1.807) is 48.5 Å². The van der Waals surface area contributed by atoms with Crippen LogP contribution in [0.4, 0.5) is 10.5 Å². The highest BCUT2D eigenvalue weighted by Gasteiger charge is 2.53. The van der Waals surface area contributed by atoms with Crippen LogP contribution in [0.5, 0.6) is 0 Å². The second-order valence-electron chi connectivity index (χ2n) is 7.85. The van der Waals surface area contributed by atoms with E-state index in [1.165, 1.54) is 29.1 Å². The number of hydrogen-bond acceptors (Lipinski definition) is 6. The monoisotopic (exact) mass is 488 g/mol. The lowest BCUT2D eigenvalue weighted by atomic mass is 9.82. The van der Waals surface area contributed by atoms with Crippen molar-refractivity contribution in [3.8, 4) is 5.69 Å². The molecule has 35 heavy (non-hydrogen) atoms. The summed E-state index contributed by atoms with van der Waals surface area (Å²) in [4.78, 5) is 38.8. The van der Waals surface area contributed by atoms with Crippen LogP contribution in [0.2, 0.25) is 5.02 Å². The third kappa shape index (κ3) is 3.79. The average molecular weight is 489 g/mol. The molecule has 3 aromatic carbocycles. The Labute approximate surface area is 203 Å². The van der Waals surface area contributed by atoms with E-state index in [4.69, 9.17) is 11.6 Å². The van der Waals surface area contributed by atoms with Crippen LogP contribution in [0.25, 0.3) is 5.69 Å². The molecule has 10 nitrogen and oxygen atoms in total. The van der Waals surface area contributed by atoms with Gasteiger partial charge in [0.15, 0.2) is 5.54 Å². The summed E-state index contributed by atoms with van der Waals surface area (Å²) in [6.07, 6.45) is 1.43. The summed E-state index contributed by atoms with van der Waals surface area (Å²) in [5, 5.41) is 22.5. The molecule has 2 heterocycles. The predicted molar refractivity (Wildman–Crippen MR) is 126 cm³/mol. The Morgan fingerprint density at radius 2 is 1.60 bits per heavy atom. The molecule has 174 valence electrons. The lowest BCUT2D eigenvalue weighted by Gasteiger charge is -2.27. The van der Waals surface area contributed by atoms with Crippen LogP contribution >= 0.6 is 11.6 Å². The quantitative estimate of drug-likeness (QED) is 0.250. The van der Waals surface area contributed by atoms with E-state index in [-0.39, 0.29) is 28.6 Å². The zero-order chi connectivity index (χ0) is 24.6. The Bertz CT molecular complexity index is 1400. The molecule has 1 saturated heterocycles. The van der Waals surface area contributed by atoms with E-state index in [0.717, 1.165) is 4.90 Å². The number of nitro groups is 1. The van der Waals surface area contributed by atoms with Crippen molar-refractivity contribution in [1.29, 1.82) is 0 Å². The molecule has 5 rings (SSSR count). The molecule has 0 spiro atoms. The smallest absolute Gasteiger partial charge is 0.315 e. The lowest BCUT2D eigenvalue weighted by Crippen LogP contribution is -2.45. The number of carbonyl (C=O) groups excluding carboxylic acids is 2. The highest BCUT2D eigenvalue weighted by Crippen LogP contribution is 2.36. The number of carbonyl (C=O) groups is 2. The molecule has 3 amide bonds. The maximum absolute atomic E-state index is 13.8. The Balaban J connectivity index is 1.49. The normalized spacial score (nSPS) is 14.7. The molecule has 11 heteroatoms. The highest BCUT2D eigenvalue weighted by molar-refractivity contribution is 6.30. The molecule has 0 saturated carbocycles. The van der Waals surface area contributed by atoms with Gasteiger partial charge in [-0.1, -0.05) is 77.5 Å².